The van der Waals surface area contributed by atoms with Crippen LogP contribution in [-0.4, -0.2) is 44.5 Å². The number of benzene rings is 1. The van der Waals surface area contributed by atoms with Crippen molar-refractivity contribution in [3.8, 4) is 23.8 Å². The van der Waals surface area contributed by atoms with Gasteiger partial charge in [0.15, 0.2) is 17.5 Å². The minimum Gasteiger partial charge on any atom is -0.493 e. The molecular weight excluding hydrogens is 493 g/mol. The Morgan fingerprint density at radius 1 is 1.23 bits per heavy atom. The van der Waals surface area contributed by atoms with Crippen molar-refractivity contribution in [1.29, 1.82) is 0 Å². The molecule has 0 aliphatic heterocycles. The maximum Gasteiger partial charge on any atom is 0.191 e. The van der Waals surface area contributed by atoms with Crippen LogP contribution in [-0.2, 0) is 6.54 Å². The topological polar surface area (TPSA) is 75.1 Å². The molecule has 0 aromatic heterocycles. The highest BCUT2D eigenvalue weighted by Crippen LogP contribution is 2.38. The summed E-state index contributed by atoms with van der Waals surface area (Å²) in [6.07, 6.45) is 12.2. The molecule has 0 heterocycles. The van der Waals surface area contributed by atoms with Crippen molar-refractivity contribution in [2.24, 2.45) is 10.4 Å². The first-order chi connectivity index (χ1) is 14.2. The highest BCUT2D eigenvalue weighted by atomic mass is 127. The summed E-state index contributed by atoms with van der Waals surface area (Å²) in [5.74, 6) is 4.54. The molecule has 1 aromatic carbocycles. The smallest absolute Gasteiger partial charge is 0.191 e. The van der Waals surface area contributed by atoms with Gasteiger partial charge in [0.2, 0.25) is 0 Å². The lowest BCUT2D eigenvalue weighted by atomic mass is 9.72. The van der Waals surface area contributed by atoms with Crippen molar-refractivity contribution in [2.45, 2.75) is 52.0 Å². The molecule has 0 unspecified atom stereocenters. The number of aliphatic imine (C=N–C) groups is 1. The zero-order chi connectivity index (χ0) is 21.0. The van der Waals surface area contributed by atoms with Gasteiger partial charge in [-0.1, -0.05) is 31.2 Å². The Morgan fingerprint density at radius 2 is 2.00 bits per heavy atom. The number of hydrogen-bond donors (Lipinski definition) is 3. The van der Waals surface area contributed by atoms with E-state index in [-0.39, 0.29) is 42.6 Å². The van der Waals surface area contributed by atoms with Crippen LogP contribution in [0.5, 0.6) is 11.5 Å². The van der Waals surface area contributed by atoms with Gasteiger partial charge in [-0.2, -0.15) is 0 Å². The average molecular weight is 529 g/mol. The van der Waals surface area contributed by atoms with Gasteiger partial charge in [-0.25, -0.2) is 4.99 Å². The van der Waals surface area contributed by atoms with E-state index in [9.17, 15) is 5.11 Å². The van der Waals surface area contributed by atoms with Crippen LogP contribution in [0.3, 0.4) is 0 Å². The molecule has 1 fully saturated rings. The normalized spacial score (nSPS) is 15.5. The molecule has 7 heteroatoms. The maximum atomic E-state index is 9.53. The predicted molar refractivity (Wildman–Crippen MR) is 133 cm³/mol. The zero-order valence-electron chi connectivity index (χ0n) is 18.2. The van der Waals surface area contributed by atoms with Gasteiger partial charge in [-0.05, 0) is 49.3 Å². The van der Waals surface area contributed by atoms with Gasteiger partial charge in [0, 0.05) is 19.7 Å². The summed E-state index contributed by atoms with van der Waals surface area (Å²) in [5, 5.41) is 16.3. The third-order valence-corrected chi connectivity index (χ3v) is 5.49. The summed E-state index contributed by atoms with van der Waals surface area (Å²) in [6.45, 7) is 4.62. The van der Waals surface area contributed by atoms with Gasteiger partial charge in [0.25, 0.3) is 0 Å². The van der Waals surface area contributed by atoms with Crippen LogP contribution >= 0.6 is 24.0 Å². The molecule has 0 amide bonds. The Kier molecular flexibility index (Phi) is 12.6. The monoisotopic (exact) mass is 529 g/mol. The Bertz CT molecular complexity index is 692. The molecular formula is C23H36IN3O3. The van der Waals surface area contributed by atoms with Crippen LogP contribution < -0.4 is 20.1 Å². The number of halogens is 1. The summed E-state index contributed by atoms with van der Waals surface area (Å²) in [6, 6.07) is 5.76. The minimum absolute atomic E-state index is 0. The zero-order valence-corrected chi connectivity index (χ0v) is 20.5. The SMILES string of the molecule is C#CCOc1cc(CN=C(NCC)NCC2(CCO)CCCCC2)ccc1OC.I. The number of methoxy groups -OCH3 is 1. The van der Waals surface area contributed by atoms with Crippen LogP contribution in [0, 0.1) is 17.8 Å². The van der Waals surface area contributed by atoms with E-state index in [2.05, 4.69) is 23.5 Å². The van der Waals surface area contributed by atoms with Crippen LogP contribution in [0.1, 0.15) is 51.0 Å². The number of aliphatic hydroxyl groups is 1. The Labute approximate surface area is 198 Å². The molecule has 6 nitrogen and oxygen atoms in total. The van der Waals surface area contributed by atoms with E-state index in [0.717, 1.165) is 43.9 Å². The van der Waals surface area contributed by atoms with E-state index in [1.807, 2.05) is 18.2 Å². The van der Waals surface area contributed by atoms with Crippen molar-refractivity contribution in [1.82, 2.24) is 10.6 Å². The fourth-order valence-electron chi connectivity index (χ4n) is 3.89. The lowest BCUT2D eigenvalue weighted by Gasteiger charge is -2.37. The van der Waals surface area contributed by atoms with Gasteiger partial charge in [-0.15, -0.1) is 30.4 Å². The first kappa shape index (κ1) is 26.4. The molecule has 0 radical (unpaired) electrons. The summed E-state index contributed by atoms with van der Waals surface area (Å²) < 4.78 is 10.9. The van der Waals surface area contributed by atoms with Gasteiger partial charge >= 0.3 is 0 Å². The number of terminal acetylenes is 1. The molecule has 0 atom stereocenters. The third-order valence-electron chi connectivity index (χ3n) is 5.49. The van der Waals surface area contributed by atoms with Gasteiger partial charge in [0.1, 0.15) is 6.61 Å². The van der Waals surface area contributed by atoms with Crippen molar-refractivity contribution < 1.29 is 14.6 Å². The van der Waals surface area contributed by atoms with E-state index in [4.69, 9.17) is 20.9 Å². The fraction of sp³-hybridized carbons (Fsp3) is 0.609. The molecule has 0 spiro atoms. The van der Waals surface area contributed by atoms with Crippen molar-refractivity contribution >= 4 is 29.9 Å². The molecule has 2 rings (SSSR count). The Balaban J connectivity index is 0.00000450. The maximum absolute atomic E-state index is 9.53. The number of aliphatic hydroxyl groups excluding tert-OH is 1. The summed E-state index contributed by atoms with van der Waals surface area (Å²) in [4.78, 5) is 4.73. The van der Waals surface area contributed by atoms with E-state index in [1.54, 1.807) is 7.11 Å². The second-order valence-electron chi connectivity index (χ2n) is 7.56. The Hall–Kier alpha value is -1.66. The number of ether oxygens (including phenoxy) is 2. The molecule has 1 aromatic rings. The molecule has 1 aliphatic rings. The van der Waals surface area contributed by atoms with Crippen molar-refractivity contribution in [2.75, 3.05) is 33.4 Å². The van der Waals surface area contributed by atoms with Gasteiger partial charge < -0.3 is 25.2 Å². The van der Waals surface area contributed by atoms with Crippen LogP contribution in [0.25, 0.3) is 0 Å². The van der Waals surface area contributed by atoms with E-state index >= 15 is 0 Å². The summed E-state index contributed by atoms with van der Waals surface area (Å²) in [5.41, 5.74) is 1.18. The van der Waals surface area contributed by atoms with Gasteiger partial charge in [0.05, 0.1) is 13.7 Å². The van der Waals surface area contributed by atoms with Crippen molar-refractivity contribution in [3.05, 3.63) is 23.8 Å². The lowest BCUT2D eigenvalue weighted by molar-refractivity contribution is 0.131. The highest BCUT2D eigenvalue weighted by molar-refractivity contribution is 14.0. The standard InChI is InChI=1S/C23H35N3O3.HI/c1-4-15-29-21-16-19(9-10-20(21)28-3)17-25-22(24-5-2)26-18-23(13-14-27)11-7-6-8-12-23;/h1,9-10,16,27H,5-8,11-15,17-18H2,2-3H3,(H2,24,25,26);1H. The minimum atomic E-state index is 0. The number of rotatable bonds is 10. The number of nitrogens with zero attached hydrogens (tertiary/aromatic N) is 1. The molecule has 1 saturated carbocycles. The quantitative estimate of drug-likeness (QED) is 0.187. The number of nitrogens with one attached hydrogen (secondary N) is 2. The Morgan fingerprint density at radius 3 is 2.63 bits per heavy atom. The van der Waals surface area contributed by atoms with Crippen LogP contribution in [0.2, 0.25) is 0 Å². The van der Waals surface area contributed by atoms with Gasteiger partial charge in [-0.3, -0.25) is 0 Å². The second-order valence-corrected chi connectivity index (χ2v) is 7.56. The number of guanidine groups is 1. The van der Waals surface area contributed by atoms with Crippen LogP contribution in [0.15, 0.2) is 23.2 Å². The molecule has 0 bridgehead atoms. The van der Waals surface area contributed by atoms with E-state index in [0.29, 0.717) is 18.0 Å². The average Bonchev–Trinajstić information content (AvgIpc) is 2.75. The van der Waals surface area contributed by atoms with Crippen molar-refractivity contribution in [3.63, 3.8) is 0 Å². The molecule has 168 valence electrons. The third kappa shape index (κ3) is 8.23. The molecule has 1 aliphatic carbocycles. The first-order valence-corrected chi connectivity index (χ1v) is 10.5. The van der Waals surface area contributed by atoms with E-state index < -0.39 is 0 Å². The largest absolute Gasteiger partial charge is 0.493 e. The fourth-order valence-corrected chi connectivity index (χ4v) is 3.89. The summed E-state index contributed by atoms with van der Waals surface area (Å²) >= 11 is 0. The number of hydrogen-bond acceptors (Lipinski definition) is 4. The molecule has 3 N–H and O–H groups in total. The predicted octanol–water partition coefficient (Wildman–Crippen LogP) is 3.71. The van der Waals surface area contributed by atoms with Crippen LogP contribution in [0.4, 0.5) is 0 Å². The highest BCUT2D eigenvalue weighted by Gasteiger charge is 2.31. The molecule has 30 heavy (non-hydrogen) atoms. The van der Waals surface area contributed by atoms with E-state index in [1.165, 1.54) is 19.3 Å². The first-order valence-electron chi connectivity index (χ1n) is 10.5. The molecule has 0 saturated heterocycles. The lowest BCUT2D eigenvalue weighted by Crippen LogP contribution is -2.44. The second kappa shape index (κ2) is 14.4. The summed E-state index contributed by atoms with van der Waals surface area (Å²) in [7, 11) is 1.61.